The largest absolute Gasteiger partial charge is 0.481 e. The van der Waals surface area contributed by atoms with Crippen LogP contribution in [-0.2, 0) is 28.8 Å². The van der Waals surface area contributed by atoms with E-state index in [1.54, 1.807) is 0 Å². The lowest BCUT2D eigenvalue weighted by Gasteiger charge is -2.24. The Labute approximate surface area is 189 Å². The highest BCUT2D eigenvalue weighted by atomic mass is 32.1. The number of nitrogens with one attached hydrogen (secondary N) is 3. The summed E-state index contributed by atoms with van der Waals surface area (Å²) in [5.41, 5.74) is 16.1. The number of carboxylic acids is 2. The molecule has 0 rings (SSSR count). The number of rotatable bonds is 16. The molecule has 0 aliphatic carbocycles. The SMILES string of the molecule is NCCCCC(NC(=O)C(N)CS)C(=O)NC(CC(N)=O)C(=O)NC(CC(=O)O)C(=O)O. The van der Waals surface area contributed by atoms with Gasteiger partial charge < -0.3 is 43.4 Å². The summed E-state index contributed by atoms with van der Waals surface area (Å²) in [5.74, 6) is -6.75. The fourth-order valence-electron chi connectivity index (χ4n) is 2.45. The molecule has 0 radical (unpaired) electrons. The minimum absolute atomic E-state index is 0.00975. The molecule has 0 saturated carbocycles. The fourth-order valence-corrected chi connectivity index (χ4v) is 2.62. The summed E-state index contributed by atoms with van der Waals surface area (Å²) >= 11 is 3.91. The highest BCUT2D eigenvalue weighted by molar-refractivity contribution is 7.80. The van der Waals surface area contributed by atoms with Crippen LogP contribution in [0.3, 0.4) is 0 Å². The molecule has 0 aromatic heterocycles. The molecular formula is C17H30N6O8S. The van der Waals surface area contributed by atoms with Gasteiger partial charge >= 0.3 is 11.9 Å². The Morgan fingerprint density at radius 3 is 1.81 bits per heavy atom. The molecule has 0 spiro atoms. The monoisotopic (exact) mass is 478 g/mol. The van der Waals surface area contributed by atoms with Crippen LogP contribution in [0.25, 0.3) is 0 Å². The maximum atomic E-state index is 12.7. The average Bonchev–Trinajstić information content (AvgIpc) is 2.70. The minimum Gasteiger partial charge on any atom is -0.481 e. The van der Waals surface area contributed by atoms with Crippen molar-refractivity contribution in [2.75, 3.05) is 12.3 Å². The Kier molecular flexibility index (Phi) is 13.6. The lowest BCUT2D eigenvalue weighted by Crippen LogP contribution is -2.58. The molecule has 0 bridgehead atoms. The van der Waals surface area contributed by atoms with Crippen LogP contribution in [0, 0.1) is 0 Å². The number of nitrogens with two attached hydrogens (primary N) is 3. The van der Waals surface area contributed by atoms with E-state index in [4.69, 9.17) is 27.4 Å². The molecule has 0 aromatic carbocycles. The van der Waals surface area contributed by atoms with Gasteiger partial charge in [-0.2, -0.15) is 12.6 Å². The van der Waals surface area contributed by atoms with E-state index < -0.39 is 72.6 Å². The van der Waals surface area contributed by atoms with Gasteiger partial charge in [-0.15, -0.1) is 0 Å². The van der Waals surface area contributed by atoms with E-state index in [-0.39, 0.29) is 12.2 Å². The van der Waals surface area contributed by atoms with Crippen molar-refractivity contribution in [3.63, 3.8) is 0 Å². The van der Waals surface area contributed by atoms with Crippen molar-refractivity contribution < 1.29 is 39.0 Å². The second-order valence-corrected chi connectivity index (χ2v) is 7.23. The van der Waals surface area contributed by atoms with Crippen molar-refractivity contribution in [1.82, 2.24) is 16.0 Å². The number of carbonyl (C=O) groups excluding carboxylic acids is 4. The summed E-state index contributed by atoms with van der Waals surface area (Å²) in [7, 11) is 0. The third-order valence-electron chi connectivity index (χ3n) is 4.14. The zero-order chi connectivity index (χ0) is 24.8. The molecule has 4 atom stereocenters. The van der Waals surface area contributed by atoms with E-state index in [2.05, 4.69) is 23.3 Å². The van der Waals surface area contributed by atoms with E-state index in [1.165, 1.54) is 0 Å². The second-order valence-electron chi connectivity index (χ2n) is 6.86. The predicted octanol–water partition coefficient (Wildman–Crippen LogP) is -3.74. The lowest BCUT2D eigenvalue weighted by atomic mass is 10.1. The third kappa shape index (κ3) is 11.5. The van der Waals surface area contributed by atoms with Crippen molar-refractivity contribution in [2.24, 2.45) is 17.2 Å². The van der Waals surface area contributed by atoms with Crippen LogP contribution < -0.4 is 33.2 Å². The summed E-state index contributed by atoms with van der Waals surface area (Å²) in [6.45, 7) is 0.339. The number of aliphatic carboxylic acids is 2. The van der Waals surface area contributed by atoms with Crippen molar-refractivity contribution in [2.45, 2.75) is 56.3 Å². The second kappa shape index (κ2) is 15.0. The van der Waals surface area contributed by atoms with E-state index in [0.29, 0.717) is 19.4 Å². The van der Waals surface area contributed by atoms with Gasteiger partial charge in [0.05, 0.1) is 18.9 Å². The van der Waals surface area contributed by atoms with Crippen LogP contribution in [0.1, 0.15) is 32.1 Å². The molecule has 0 fully saturated rings. The van der Waals surface area contributed by atoms with Gasteiger partial charge in [0.25, 0.3) is 0 Å². The van der Waals surface area contributed by atoms with Gasteiger partial charge in [-0.3, -0.25) is 24.0 Å². The Balaban J connectivity index is 5.49. The zero-order valence-corrected chi connectivity index (χ0v) is 18.2. The molecule has 4 unspecified atom stereocenters. The molecule has 11 N–H and O–H groups in total. The number of hydrogen-bond acceptors (Lipinski definition) is 9. The van der Waals surface area contributed by atoms with Gasteiger partial charge in [0, 0.05) is 5.75 Å². The topological polar surface area (TPSA) is 257 Å². The van der Waals surface area contributed by atoms with E-state index in [0.717, 1.165) is 0 Å². The molecule has 0 saturated heterocycles. The van der Waals surface area contributed by atoms with Crippen LogP contribution in [0.2, 0.25) is 0 Å². The highest BCUT2D eigenvalue weighted by Crippen LogP contribution is 2.04. The summed E-state index contributed by atoms with van der Waals surface area (Å²) in [4.78, 5) is 70.6. The summed E-state index contributed by atoms with van der Waals surface area (Å²) in [5, 5.41) is 24.4. The number of unbranched alkanes of at least 4 members (excludes halogenated alkanes) is 1. The van der Waals surface area contributed by atoms with Gasteiger partial charge in [-0.1, -0.05) is 0 Å². The molecule has 0 heterocycles. The van der Waals surface area contributed by atoms with Gasteiger partial charge in [0.15, 0.2) is 0 Å². The van der Waals surface area contributed by atoms with Crippen LogP contribution in [0.5, 0.6) is 0 Å². The smallest absolute Gasteiger partial charge is 0.326 e. The number of hydrogen-bond donors (Lipinski definition) is 9. The first-order valence-electron chi connectivity index (χ1n) is 9.63. The number of carbonyl (C=O) groups is 6. The van der Waals surface area contributed by atoms with Gasteiger partial charge in [-0.05, 0) is 25.8 Å². The summed E-state index contributed by atoms with van der Waals surface area (Å²) < 4.78 is 0. The highest BCUT2D eigenvalue weighted by Gasteiger charge is 2.31. The van der Waals surface area contributed by atoms with Crippen LogP contribution in [0.4, 0.5) is 0 Å². The maximum Gasteiger partial charge on any atom is 0.326 e. The molecule has 182 valence electrons. The van der Waals surface area contributed by atoms with E-state index >= 15 is 0 Å². The average molecular weight is 479 g/mol. The molecule has 14 nitrogen and oxygen atoms in total. The van der Waals surface area contributed by atoms with Crippen molar-refractivity contribution in [3.05, 3.63) is 0 Å². The predicted molar refractivity (Wildman–Crippen MR) is 114 cm³/mol. The first-order valence-corrected chi connectivity index (χ1v) is 10.3. The molecule has 0 aliphatic heterocycles. The van der Waals surface area contributed by atoms with Crippen molar-refractivity contribution in [1.29, 1.82) is 0 Å². The molecule has 0 aliphatic rings. The van der Waals surface area contributed by atoms with Crippen molar-refractivity contribution in [3.8, 4) is 0 Å². The Bertz CT molecular complexity index is 707. The van der Waals surface area contributed by atoms with Gasteiger partial charge in [0.2, 0.25) is 23.6 Å². The third-order valence-corrected chi connectivity index (χ3v) is 4.54. The zero-order valence-electron chi connectivity index (χ0n) is 17.3. The summed E-state index contributed by atoms with van der Waals surface area (Å²) in [6, 6.07) is -5.55. The van der Waals surface area contributed by atoms with E-state index in [9.17, 15) is 28.8 Å². The number of primary amides is 1. The Hall–Kier alpha value is -2.91. The molecule has 32 heavy (non-hydrogen) atoms. The fraction of sp³-hybridized carbons (Fsp3) is 0.647. The number of amides is 4. The first-order chi connectivity index (χ1) is 14.9. The van der Waals surface area contributed by atoms with Gasteiger partial charge in [0.1, 0.15) is 18.1 Å². The Morgan fingerprint density at radius 2 is 1.34 bits per heavy atom. The number of thiol groups is 1. The molecule has 4 amide bonds. The minimum atomic E-state index is -1.80. The van der Waals surface area contributed by atoms with Crippen LogP contribution in [0.15, 0.2) is 0 Å². The van der Waals surface area contributed by atoms with Crippen LogP contribution in [-0.4, -0.2) is 82.2 Å². The van der Waals surface area contributed by atoms with E-state index in [1.807, 2.05) is 5.32 Å². The quantitative estimate of drug-likeness (QED) is 0.0773. The standard InChI is InChI=1S/C17H30N6O8S/c18-4-2-1-3-9(21-14(27)8(19)7-32)15(28)22-10(5-12(20)24)16(29)23-11(17(30)31)6-13(25)26/h8-11,32H,1-7,18-19H2,(H2,20,24)(H,21,27)(H,22,28)(H,23,29)(H,25,26)(H,30,31). The van der Waals surface area contributed by atoms with Crippen LogP contribution >= 0.6 is 12.6 Å². The molecule has 0 aromatic rings. The number of carboxylic acid groups (broad SMARTS) is 2. The van der Waals surface area contributed by atoms with Gasteiger partial charge in [-0.25, -0.2) is 4.79 Å². The molecule has 15 heteroatoms. The normalized spacial score (nSPS) is 14.3. The molecular weight excluding hydrogens is 448 g/mol. The first kappa shape index (κ1) is 29.1. The maximum absolute atomic E-state index is 12.7. The Morgan fingerprint density at radius 1 is 0.812 bits per heavy atom. The lowest BCUT2D eigenvalue weighted by molar-refractivity contribution is -0.147. The summed E-state index contributed by atoms with van der Waals surface area (Å²) in [6.07, 6.45) is -0.514. The van der Waals surface area contributed by atoms with Crippen molar-refractivity contribution >= 4 is 48.2 Å².